The van der Waals surface area contributed by atoms with Gasteiger partial charge in [0, 0.05) is 6.21 Å². The minimum atomic E-state index is 0.106. The molecule has 0 aliphatic rings. The first kappa shape index (κ1) is 12.2. The van der Waals surface area contributed by atoms with Crippen molar-refractivity contribution in [3.05, 3.63) is 0 Å². The maximum Gasteiger partial charge on any atom is 0.110 e. The van der Waals surface area contributed by atoms with Gasteiger partial charge in [-0.1, -0.05) is 46.0 Å². The molecule has 1 heteroatoms. The molecular weight excluding hydrogens is 158 g/mol. The quantitative estimate of drug-likeness (QED) is 0.337. The van der Waals surface area contributed by atoms with E-state index in [1.165, 1.54) is 19.3 Å². The Hall–Kier alpha value is -0.770. The predicted octanol–water partition coefficient (Wildman–Crippen LogP) is 3.30. The molecule has 74 valence electrons. The fourth-order valence-corrected chi connectivity index (χ4v) is 1.06. The lowest BCUT2D eigenvalue weighted by molar-refractivity contribution is 0.632. The van der Waals surface area contributed by atoms with Crippen LogP contribution < -0.4 is 0 Å². The van der Waals surface area contributed by atoms with E-state index in [0.717, 1.165) is 6.42 Å². The van der Waals surface area contributed by atoms with Gasteiger partial charge >= 0.3 is 0 Å². The molecule has 1 nitrogen and oxygen atoms in total. The lowest BCUT2D eigenvalue weighted by Gasteiger charge is -2.04. The molecule has 0 spiro atoms. The summed E-state index contributed by atoms with van der Waals surface area (Å²) in [6.07, 6.45) is 12.1. The number of hydrogen-bond acceptors (Lipinski definition) is 1. The highest BCUT2D eigenvalue weighted by atomic mass is 14.8. The number of terminal acetylenes is 1. The zero-order chi connectivity index (χ0) is 10.1. The Balaban J connectivity index is 3.71. The van der Waals surface area contributed by atoms with Gasteiger partial charge < -0.3 is 0 Å². The van der Waals surface area contributed by atoms with Crippen LogP contribution in [0.1, 0.15) is 46.5 Å². The number of rotatable bonds is 6. The number of aliphatic imine (C=N–C) groups is 1. The van der Waals surface area contributed by atoms with Crippen LogP contribution >= 0.6 is 0 Å². The van der Waals surface area contributed by atoms with Crippen molar-refractivity contribution in [2.45, 2.75) is 52.5 Å². The topological polar surface area (TPSA) is 12.4 Å². The molecule has 0 radical (unpaired) electrons. The number of unbranched alkanes of at least 4 members (excludes halogenated alkanes) is 2. The molecule has 0 saturated carbocycles. The minimum Gasteiger partial charge on any atom is -0.281 e. The fourth-order valence-electron chi connectivity index (χ4n) is 1.06. The van der Waals surface area contributed by atoms with Gasteiger partial charge in [0.15, 0.2) is 0 Å². The zero-order valence-corrected chi connectivity index (χ0v) is 9.09. The highest BCUT2D eigenvalue weighted by Gasteiger charge is 2.00. The van der Waals surface area contributed by atoms with Crippen LogP contribution in [0.4, 0.5) is 0 Å². The average molecular weight is 179 g/mol. The Bertz CT molecular complexity index is 174. The van der Waals surface area contributed by atoms with E-state index in [0.29, 0.717) is 5.92 Å². The first-order valence-corrected chi connectivity index (χ1v) is 5.20. The van der Waals surface area contributed by atoms with Crippen molar-refractivity contribution in [1.82, 2.24) is 0 Å². The van der Waals surface area contributed by atoms with Gasteiger partial charge in [-0.25, -0.2) is 0 Å². The highest BCUT2D eigenvalue weighted by Crippen LogP contribution is 2.05. The van der Waals surface area contributed by atoms with Crippen LogP contribution in [0.15, 0.2) is 4.99 Å². The van der Waals surface area contributed by atoms with E-state index >= 15 is 0 Å². The van der Waals surface area contributed by atoms with E-state index in [4.69, 9.17) is 6.42 Å². The molecule has 0 aromatic carbocycles. The van der Waals surface area contributed by atoms with E-state index < -0.39 is 0 Å². The first-order chi connectivity index (χ1) is 6.20. The second-order valence-corrected chi connectivity index (χ2v) is 3.72. The van der Waals surface area contributed by atoms with Crippen molar-refractivity contribution in [1.29, 1.82) is 0 Å². The Morgan fingerprint density at radius 3 is 2.54 bits per heavy atom. The van der Waals surface area contributed by atoms with Crippen LogP contribution in [0.5, 0.6) is 0 Å². The molecule has 0 aromatic heterocycles. The number of nitrogens with zero attached hydrogens (tertiary/aromatic N) is 1. The van der Waals surface area contributed by atoms with Crippen molar-refractivity contribution >= 4 is 6.21 Å². The maximum absolute atomic E-state index is 5.38. The van der Waals surface area contributed by atoms with Gasteiger partial charge in [-0.05, 0) is 12.3 Å². The van der Waals surface area contributed by atoms with Gasteiger partial charge in [0.1, 0.15) is 6.04 Å². The molecule has 0 amide bonds. The minimum absolute atomic E-state index is 0.106. The average Bonchev–Trinajstić information content (AvgIpc) is 2.10. The van der Waals surface area contributed by atoms with E-state index in [1.807, 2.05) is 6.21 Å². The summed E-state index contributed by atoms with van der Waals surface area (Å²) in [7, 11) is 0. The van der Waals surface area contributed by atoms with Crippen molar-refractivity contribution in [3.8, 4) is 12.3 Å². The third-order valence-corrected chi connectivity index (χ3v) is 1.84. The summed E-state index contributed by atoms with van der Waals surface area (Å²) < 4.78 is 0. The molecule has 0 saturated heterocycles. The summed E-state index contributed by atoms with van der Waals surface area (Å²) in [5.74, 6) is 3.22. The van der Waals surface area contributed by atoms with E-state index in [1.54, 1.807) is 0 Å². The molecule has 1 unspecified atom stereocenters. The molecule has 1 atom stereocenters. The molecular formula is C12H21N. The van der Waals surface area contributed by atoms with Crippen LogP contribution in [0.3, 0.4) is 0 Å². The third-order valence-electron chi connectivity index (χ3n) is 1.84. The summed E-state index contributed by atoms with van der Waals surface area (Å²) in [6, 6.07) is 0.106. The fraction of sp³-hybridized carbons (Fsp3) is 0.750. The predicted molar refractivity (Wildman–Crippen MR) is 60.1 cm³/mol. The van der Waals surface area contributed by atoms with Gasteiger partial charge in [0.25, 0.3) is 0 Å². The van der Waals surface area contributed by atoms with Crippen molar-refractivity contribution in [2.75, 3.05) is 0 Å². The SMILES string of the molecule is C#CC(CCCCC)N=CC(C)C. The Labute approximate surface area is 82.6 Å². The molecule has 0 aliphatic carbocycles. The molecule has 0 heterocycles. The van der Waals surface area contributed by atoms with Gasteiger partial charge in [-0.3, -0.25) is 4.99 Å². The highest BCUT2D eigenvalue weighted by molar-refractivity contribution is 5.60. The molecule has 0 aromatic rings. The summed E-state index contributed by atoms with van der Waals surface area (Å²) in [4.78, 5) is 4.35. The molecule has 0 N–H and O–H groups in total. The van der Waals surface area contributed by atoms with Gasteiger partial charge in [0.2, 0.25) is 0 Å². The molecule has 13 heavy (non-hydrogen) atoms. The normalized spacial score (nSPS) is 13.5. The van der Waals surface area contributed by atoms with Crippen LogP contribution in [-0.4, -0.2) is 12.3 Å². The monoisotopic (exact) mass is 179 g/mol. The lowest BCUT2D eigenvalue weighted by Crippen LogP contribution is -2.02. The lowest BCUT2D eigenvalue weighted by atomic mass is 10.1. The smallest absolute Gasteiger partial charge is 0.110 e. The second kappa shape index (κ2) is 7.86. The van der Waals surface area contributed by atoms with Crippen LogP contribution in [0, 0.1) is 18.3 Å². The van der Waals surface area contributed by atoms with E-state index in [2.05, 4.69) is 31.7 Å². The Morgan fingerprint density at radius 1 is 1.38 bits per heavy atom. The molecule has 0 aliphatic heterocycles. The van der Waals surface area contributed by atoms with Gasteiger partial charge in [-0.2, -0.15) is 0 Å². The van der Waals surface area contributed by atoms with Gasteiger partial charge in [0.05, 0.1) is 0 Å². The summed E-state index contributed by atoms with van der Waals surface area (Å²) in [5.41, 5.74) is 0. The largest absolute Gasteiger partial charge is 0.281 e. The number of hydrogen-bond donors (Lipinski definition) is 0. The third kappa shape index (κ3) is 7.59. The molecule has 0 rings (SSSR count). The van der Waals surface area contributed by atoms with Crippen molar-refractivity contribution in [2.24, 2.45) is 10.9 Å². The van der Waals surface area contributed by atoms with Crippen LogP contribution in [0.25, 0.3) is 0 Å². The second-order valence-electron chi connectivity index (χ2n) is 3.72. The Morgan fingerprint density at radius 2 is 2.08 bits per heavy atom. The standard InChI is InChI=1S/C12H21N/c1-5-7-8-9-12(6-2)13-10-11(3)4/h2,10-12H,5,7-9H2,1,3-4H3. The van der Waals surface area contributed by atoms with Crippen molar-refractivity contribution < 1.29 is 0 Å². The summed E-state index contributed by atoms with van der Waals surface area (Å²) in [6.45, 7) is 6.43. The van der Waals surface area contributed by atoms with E-state index in [9.17, 15) is 0 Å². The molecule has 0 fully saturated rings. The van der Waals surface area contributed by atoms with Crippen molar-refractivity contribution in [3.63, 3.8) is 0 Å². The van der Waals surface area contributed by atoms with E-state index in [-0.39, 0.29) is 6.04 Å². The first-order valence-electron chi connectivity index (χ1n) is 5.20. The van der Waals surface area contributed by atoms with Crippen LogP contribution in [0.2, 0.25) is 0 Å². The van der Waals surface area contributed by atoms with Gasteiger partial charge in [-0.15, -0.1) is 6.42 Å². The summed E-state index contributed by atoms with van der Waals surface area (Å²) >= 11 is 0. The molecule has 0 bridgehead atoms. The van der Waals surface area contributed by atoms with Crippen LogP contribution in [-0.2, 0) is 0 Å². The summed E-state index contributed by atoms with van der Waals surface area (Å²) in [5, 5.41) is 0. The maximum atomic E-state index is 5.38. The zero-order valence-electron chi connectivity index (χ0n) is 9.09. The Kier molecular flexibility index (Phi) is 7.39.